The quantitative estimate of drug-likeness (QED) is 0.748. The zero-order chi connectivity index (χ0) is 13.9. The molecule has 1 atom stereocenters. The van der Waals surface area contributed by atoms with Crippen molar-refractivity contribution >= 4 is 16.7 Å². The zero-order valence-electron chi connectivity index (χ0n) is 11.3. The lowest BCUT2D eigenvalue weighted by Gasteiger charge is -2.15. The fraction of sp³-hybridized carbons (Fsp3) is 0.176. The van der Waals surface area contributed by atoms with Gasteiger partial charge in [-0.05, 0) is 25.1 Å². The second kappa shape index (κ2) is 5.39. The van der Waals surface area contributed by atoms with Crippen molar-refractivity contribution in [2.24, 2.45) is 0 Å². The van der Waals surface area contributed by atoms with Gasteiger partial charge < -0.3 is 14.8 Å². The standard InChI is InChI=1S/C17H17NO2/c1-12(18-15-8-4-2-7-14(15)11-19)17-10-13-6-3-5-9-16(13)20-17/h2-10,12,18-19H,11H2,1H3. The minimum absolute atomic E-state index is 0.0238. The smallest absolute Gasteiger partial charge is 0.134 e. The van der Waals surface area contributed by atoms with Gasteiger partial charge in [0.15, 0.2) is 0 Å². The Labute approximate surface area is 117 Å². The molecule has 1 heterocycles. The van der Waals surface area contributed by atoms with E-state index in [1.807, 2.05) is 55.5 Å². The molecule has 2 N–H and O–H groups in total. The van der Waals surface area contributed by atoms with Crippen molar-refractivity contribution in [3.63, 3.8) is 0 Å². The van der Waals surface area contributed by atoms with Crippen LogP contribution in [0.25, 0.3) is 11.0 Å². The summed E-state index contributed by atoms with van der Waals surface area (Å²) in [6.45, 7) is 2.07. The highest BCUT2D eigenvalue weighted by Crippen LogP contribution is 2.27. The van der Waals surface area contributed by atoms with Crippen LogP contribution in [0.4, 0.5) is 5.69 Å². The van der Waals surface area contributed by atoms with Crippen LogP contribution in [0.1, 0.15) is 24.3 Å². The summed E-state index contributed by atoms with van der Waals surface area (Å²) in [5.41, 5.74) is 2.71. The van der Waals surface area contributed by atoms with Crippen LogP contribution in [0.2, 0.25) is 0 Å². The summed E-state index contributed by atoms with van der Waals surface area (Å²) in [6.07, 6.45) is 0. The first-order chi connectivity index (χ1) is 9.78. The van der Waals surface area contributed by atoms with Gasteiger partial charge in [-0.3, -0.25) is 0 Å². The van der Waals surface area contributed by atoms with Gasteiger partial charge in [-0.1, -0.05) is 36.4 Å². The van der Waals surface area contributed by atoms with Crippen molar-refractivity contribution in [2.45, 2.75) is 19.6 Å². The van der Waals surface area contributed by atoms with Crippen LogP contribution < -0.4 is 5.32 Å². The van der Waals surface area contributed by atoms with Crippen molar-refractivity contribution in [3.05, 3.63) is 65.9 Å². The second-order valence-corrected chi connectivity index (χ2v) is 4.87. The minimum atomic E-state index is 0.0238. The molecule has 3 aromatic rings. The molecule has 0 spiro atoms. The van der Waals surface area contributed by atoms with Crippen molar-refractivity contribution in [3.8, 4) is 0 Å². The Balaban J connectivity index is 1.87. The van der Waals surface area contributed by atoms with Crippen LogP contribution in [0, 0.1) is 0 Å². The van der Waals surface area contributed by atoms with Crippen molar-refractivity contribution in [1.82, 2.24) is 0 Å². The second-order valence-electron chi connectivity index (χ2n) is 4.87. The van der Waals surface area contributed by atoms with E-state index in [4.69, 9.17) is 4.42 Å². The maximum Gasteiger partial charge on any atom is 0.134 e. The number of furan rings is 1. The van der Waals surface area contributed by atoms with Crippen LogP contribution in [0.5, 0.6) is 0 Å². The van der Waals surface area contributed by atoms with E-state index in [0.717, 1.165) is 28.0 Å². The molecule has 1 unspecified atom stereocenters. The number of aliphatic hydroxyl groups excluding tert-OH is 1. The summed E-state index contributed by atoms with van der Waals surface area (Å²) in [6, 6.07) is 17.8. The molecular formula is C17H17NO2. The number of rotatable bonds is 4. The minimum Gasteiger partial charge on any atom is -0.459 e. The summed E-state index contributed by atoms with van der Waals surface area (Å²) in [4.78, 5) is 0. The van der Waals surface area contributed by atoms with Gasteiger partial charge in [-0.25, -0.2) is 0 Å². The highest BCUT2D eigenvalue weighted by atomic mass is 16.3. The summed E-state index contributed by atoms with van der Waals surface area (Å²) in [7, 11) is 0. The molecule has 3 rings (SSSR count). The highest BCUT2D eigenvalue weighted by Gasteiger charge is 2.12. The number of nitrogens with one attached hydrogen (secondary N) is 1. The normalized spacial score (nSPS) is 12.5. The van der Waals surface area contributed by atoms with E-state index in [1.54, 1.807) is 0 Å². The van der Waals surface area contributed by atoms with E-state index >= 15 is 0 Å². The molecule has 0 radical (unpaired) electrons. The predicted molar refractivity (Wildman–Crippen MR) is 80.6 cm³/mol. The molecule has 102 valence electrons. The van der Waals surface area contributed by atoms with E-state index in [2.05, 4.69) is 11.4 Å². The molecule has 20 heavy (non-hydrogen) atoms. The van der Waals surface area contributed by atoms with Crippen LogP contribution in [0.15, 0.2) is 59.0 Å². The molecule has 3 heteroatoms. The number of anilines is 1. The SMILES string of the molecule is CC(Nc1ccccc1CO)c1cc2ccccc2o1. The van der Waals surface area contributed by atoms with E-state index in [1.165, 1.54) is 0 Å². The van der Waals surface area contributed by atoms with Gasteiger partial charge >= 0.3 is 0 Å². The number of fused-ring (bicyclic) bond motifs is 1. The zero-order valence-corrected chi connectivity index (χ0v) is 11.3. The molecule has 1 aromatic heterocycles. The largest absolute Gasteiger partial charge is 0.459 e. The Bertz CT molecular complexity index is 685. The maximum atomic E-state index is 9.35. The molecule has 2 aromatic carbocycles. The molecule has 0 saturated heterocycles. The Morgan fingerprint density at radius 2 is 1.85 bits per heavy atom. The maximum absolute atomic E-state index is 9.35. The lowest BCUT2D eigenvalue weighted by Crippen LogP contribution is -2.07. The third-order valence-corrected chi connectivity index (χ3v) is 3.43. The third kappa shape index (κ3) is 2.40. The predicted octanol–water partition coefficient (Wildman–Crippen LogP) is 4.10. The lowest BCUT2D eigenvalue weighted by atomic mass is 10.1. The molecule has 0 bridgehead atoms. The monoisotopic (exact) mass is 267 g/mol. The third-order valence-electron chi connectivity index (χ3n) is 3.43. The topological polar surface area (TPSA) is 45.4 Å². The van der Waals surface area contributed by atoms with E-state index in [0.29, 0.717) is 0 Å². The fourth-order valence-corrected chi connectivity index (χ4v) is 2.32. The van der Waals surface area contributed by atoms with Gasteiger partial charge in [0, 0.05) is 16.6 Å². The first-order valence-corrected chi connectivity index (χ1v) is 6.71. The number of aliphatic hydroxyl groups is 1. The van der Waals surface area contributed by atoms with Crippen molar-refractivity contribution < 1.29 is 9.52 Å². The Morgan fingerprint density at radius 3 is 2.65 bits per heavy atom. The van der Waals surface area contributed by atoms with Gasteiger partial charge in [0.25, 0.3) is 0 Å². The average Bonchev–Trinajstić information content (AvgIpc) is 2.92. The van der Waals surface area contributed by atoms with Crippen LogP contribution in [-0.4, -0.2) is 5.11 Å². The van der Waals surface area contributed by atoms with Gasteiger partial charge in [-0.2, -0.15) is 0 Å². The molecular weight excluding hydrogens is 250 g/mol. The molecule has 0 saturated carbocycles. The number of hydrogen-bond acceptors (Lipinski definition) is 3. The van der Waals surface area contributed by atoms with Crippen LogP contribution in [0.3, 0.4) is 0 Å². The Morgan fingerprint density at radius 1 is 1.10 bits per heavy atom. The van der Waals surface area contributed by atoms with Gasteiger partial charge in [-0.15, -0.1) is 0 Å². The Hall–Kier alpha value is -2.26. The Kier molecular flexibility index (Phi) is 3.44. The van der Waals surface area contributed by atoms with E-state index in [9.17, 15) is 5.11 Å². The molecule has 3 nitrogen and oxygen atoms in total. The van der Waals surface area contributed by atoms with E-state index < -0.39 is 0 Å². The lowest BCUT2D eigenvalue weighted by molar-refractivity contribution is 0.282. The molecule has 0 aliphatic carbocycles. The molecule has 0 fully saturated rings. The fourth-order valence-electron chi connectivity index (χ4n) is 2.32. The number of hydrogen-bond donors (Lipinski definition) is 2. The van der Waals surface area contributed by atoms with Crippen molar-refractivity contribution in [1.29, 1.82) is 0 Å². The summed E-state index contributed by atoms with van der Waals surface area (Å²) in [5.74, 6) is 0.888. The first kappa shape index (κ1) is 12.8. The number of benzene rings is 2. The highest BCUT2D eigenvalue weighted by molar-refractivity contribution is 5.77. The average molecular weight is 267 g/mol. The first-order valence-electron chi connectivity index (χ1n) is 6.71. The molecule has 0 aliphatic rings. The molecule has 0 aliphatic heterocycles. The van der Waals surface area contributed by atoms with Crippen LogP contribution in [-0.2, 0) is 6.61 Å². The van der Waals surface area contributed by atoms with Gasteiger partial charge in [0.2, 0.25) is 0 Å². The van der Waals surface area contributed by atoms with Crippen molar-refractivity contribution in [2.75, 3.05) is 5.32 Å². The summed E-state index contributed by atoms with van der Waals surface area (Å²) >= 11 is 0. The summed E-state index contributed by atoms with van der Waals surface area (Å²) in [5, 5.41) is 13.8. The molecule has 0 amide bonds. The van der Waals surface area contributed by atoms with E-state index in [-0.39, 0.29) is 12.6 Å². The number of para-hydroxylation sites is 2. The summed E-state index contributed by atoms with van der Waals surface area (Å²) < 4.78 is 5.85. The van der Waals surface area contributed by atoms with Gasteiger partial charge in [0.1, 0.15) is 11.3 Å². The van der Waals surface area contributed by atoms with Crippen LogP contribution >= 0.6 is 0 Å². The van der Waals surface area contributed by atoms with Gasteiger partial charge in [0.05, 0.1) is 12.6 Å².